The van der Waals surface area contributed by atoms with Crippen molar-refractivity contribution < 1.29 is 9.69 Å². The summed E-state index contributed by atoms with van der Waals surface area (Å²) in [6.45, 7) is 9.22. The van der Waals surface area contributed by atoms with Gasteiger partial charge in [0.2, 0.25) is 5.91 Å². The van der Waals surface area contributed by atoms with Crippen molar-refractivity contribution in [3.8, 4) is 0 Å². The Hall–Kier alpha value is -1.35. The molecule has 1 N–H and O–H groups in total. The second-order valence-electron chi connectivity index (χ2n) is 8.73. The van der Waals surface area contributed by atoms with E-state index in [9.17, 15) is 4.79 Å². The predicted molar refractivity (Wildman–Crippen MR) is 95.2 cm³/mol. The van der Waals surface area contributed by atoms with Crippen LogP contribution in [0.3, 0.4) is 0 Å². The lowest BCUT2D eigenvalue weighted by molar-refractivity contribution is -0.927. The third kappa shape index (κ3) is 1.55. The van der Waals surface area contributed by atoms with Gasteiger partial charge >= 0.3 is 0 Å². The lowest BCUT2D eigenvalue weighted by Crippen LogP contribution is -3.17. The van der Waals surface area contributed by atoms with Crippen molar-refractivity contribution in [1.82, 2.24) is 0 Å². The van der Waals surface area contributed by atoms with Crippen LogP contribution in [0.2, 0.25) is 0 Å². The summed E-state index contributed by atoms with van der Waals surface area (Å²) in [4.78, 5) is 16.7. The van der Waals surface area contributed by atoms with Gasteiger partial charge in [-0.25, -0.2) is 0 Å². The minimum Gasteiger partial charge on any atom is -0.331 e. The standard InChI is InChI=1S/C21H28N2O/c1-4-15-12-22-10-9-21-17-7-5-6-8-18(17)23(14(3)24)20(21)13(2)16(15)11-19(21)22/h5-8,13,15-16,19-20H,4,9-12H2,1-3H3/p+1/t13-,15+,16+,19-,20-,21+/m1/s1. The summed E-state index contributed by atoms with van der Waals surface area (Å²) in [7, 11) is 0. The minimum atomic E-state index is 0.215. The van der Waals surface area contributed by atoms with Crippen LogP contribution in [0.4, 0.5) is 5.69 Å². The van der Waals surface area contributed by atoms with Crippen molar-refractivity contribution in [3.63, 3.8) is 0 Å². The number of fused-ring (bicyclic) bond motifs is 2. The number of carbonyl (C=O) groups excluding carboxylic acids is 1. The summed E-state index contributed by atoms with van der Waals surface area (Å²) in [6, 6.07) is 9.90. The second-order valence-corrected chi connectivity index (χ2v) is 8.73. The van der Waals surface area contributed by atoms with Crippen molar-refractivity contribution in [3.05, 3.63) is 29.8 Å². The molecule has 1 unspecified atom stereocenters. The smallest absolute Gasteiger partial charge is 0.224 e. The molecule has 5 rings (SSSR count). The van der Waals surface area contributed by atoms with E-state index >= 15 is 0 Å². The van der Waals surface area contributed by atoms with Gasteiger partial charge in [-0.2, -0.15) is 0 Å². The maximum Gasteiger partial charge on any atom is 0.224 e. The Labute approximate surface area is 145 Å². The second kappa shape index (κ2) is 4.85. The fourth-order valence-electron chi connectivity index (χ4n) is 7.34. The number of anilines is 1. The zero-order valence-corrected chi connectivity index (χ0v) is 15.1. The molecular formula is C21H29N2O+. The van der Waals surface area contributed by atoms with E-state index in [1.807, 2.05) is 4.90 Å². The average Bonchev–Trinajstić information content (AvgIpc) is 3.12. The van der Waals surface area contributed by atoms with Crippen molar-refractivity contribution in [2.45, 2.75) is 57.5 Å². The van der Waals surface area contributed by atoms with Gasteiger partial charge < -0.3 is 9.80 Å². The zero-order chi connectivity index (χ0) is 16.6. The molecule has 7 atom stereocenters. The first kappa shape index (κ1) is 14.9. The number of piperidine rings is 1. The van der Waals surface area contributed by atoms with Crippen LogP contribution in [0.1, 0.15) is 45.6 Å². The highest BCUT2D eigenvalue weighted by atomic mass is 16.2. The quantitative estimate of drug-likeness (QED) is 0.839. The summed E-state index contributed by atoms with van der Waals surface area (Å²) in [5.74, 6) is 2.45. The van der Waals surface area contributed by atoms with Crippen LogP contribution in [0.5, 0.6) is 0 Å². The monoisotopic (exact) mass is 325 g/mol. The van der Waals surface area contributed by atoms with Crippen LogP contribution in [-0.2, 0) is 10.2 Å². The summed E-state index contributed by atoms with van der Waals surface area (Å²) in [5, 5.41) is 0. The molecular weight excluding hydrogens is 296 g/mol. The number of quaternary nitrogens is 1. The molecule has 1 spiro atoms. The zero-order valence-electron chi connectivity index (χ0n) is 15.1. The molecule has 3 heterocycles. The van der Waals surface area contributed by atoms with E-state index in [0.29, 0.717) is 12.0 Å². The number of hydrogen-bond acceptors (Lipinski definition) is 1. The van der Waals surface area contributed by atoms with Gasteiger partial charge in [-0.1, -0.05) is 32.0 Å². The highest BCUT2D eigenvalue weighted by molar-refractivity contribution is 5.96. The van der Waals surface area contributed by atoms with Crippen LogP contribution in [0.15, 0.2) is 24.3 Å². The number of hydrogen-bond donors (Lipinski definition) is 1. The van der Waals surface area contributed by atoms with Crippen molar-refractivity contribution in [2.24, 2.45) is 17.8 Å². The molecule has 1 aromatic rings. The van der Waals surface area contributed by atoms with Gasteiger partial charge in [0, 0.05) is 31.4 Å². The molecule has 4 aliphatic rings. The first-order chi connectivity index (χ1) is 11.6. The maximum absolute atomic E-state index is 12.7. The predicted octanol–water partition coefficient (Wildman–Crippen LogP) is 2.01. The van der Waals surface area contributed by atoms with Gasteiger partial charge in [0.15, 0.2) is 0 Å². The molecule has 24 heavy (non-hydrogen) atoms. The molecule has 1 aliphatic carbocycles. The highest BCUT2D eigenvalue weighted by Gasteiger charge is 2.69. The summed E-state index contributed by atoms with van der Waals surface area (Å²) >= 11 is 0. The number of benzene rings is 1. The maximum atomic E-state index is 12.7. The molecule has 0 radical (unpaired) electrons. The van der Waals surface area contributed by atoms with E-state index in [0.717, 1.165) is 17.9 Å². The van der Waals surface area contributed by atoms with E-state index in [-0.39, 0.29) is 11.3 Å². The number of carbonyl (C=O) groups is 1. The molecule has 1 amide bonds. The van der Waals surface area contributed by atoms with Crippen LogP contribution in [0, 0.1) is 17.8 Å². The van der Waals surface area contributed by atoms with Gasteiger partial charge in [-0.05, 0) is 29.9 Å². The van der Waals surface area contributed by atoms with Crippen LogP contribution >= 0.6 is 0 Å². The van der Waals surface area contributed by atoms with Crippen LogP contribution in [-0.4, -0.2) is 31.1 Å². The Kier molecular flexibility index (Phi) is 3.02. The Morgan fingerprint density at radius 1 is 1.38 bits per heavy atom. The minimum absolute atomic E-state index is 0.215. The number of nitrogens with zero attached hydrogens (tertiary/aromatic N) is 1. The molecule has 3 fully saturated rings. The Balaban J connectivity index is 1.73. The summed E-state index contributed by atoms with van der Waals surface area (Å²) in [5.41, 5.74) is 2.90. The summed E-state index contributed by atoms with van der Waals surface area (Å²) in [6.07, 6.45) is 3.91. The normalized spacial score (nSPS) is 45.0. The molecule has 3 nitrogen and oxygen atoms in total. The van der Waals surface area contributed by atoms with Crippen LogP contribution in [0.25, 0.3) is 0 Å². The van der Waals surface area contributed by atoms with Crippen LogP contribution < -0.4 is 9.80 Å². The SMILES string of the molecule is CC[C@H]1C[NH+]2CC[C@@]34c5ccccc5N(C(C)=O)[C@@H]3[C@H](C)[C@@H]1C[C@@H]24. The first-order valence-corrected chi connectivity index (χ1v) is 9.83. The summed E-state index contributed by atoms with van der Waals surface area (Å²) < 4.78 is 0. The molecule has 1 saturated carbocycles. The van der Waals surface area contributed by atoms with Crippen molar-refractivity contribution in [1.29, 1.82) is 0 Å². The number of rotatable bonds is 1. The lowest BCUT2D eigenvalue weighted by atomic mass is 9.54. The van der Waals surface area contributed by atoms with E-state index in [4.69, 9.17) is 0 Å². The molecule has 128 valence electrons. The molecule has 1 aromatic carbocycles. The van der Waals surface area contributed by atoms with E-state index < -0.39 is 0 Å². The molecule has 3 heteroatoms. The first-order valence-electron chi connectivity index (χ1n) is 9.83. The fourth-order valence-corrected chi connectivity index (χ4v) is 7.34. The van der Waals surface area contributed by atoms with Crippen molar-refractivity contribution in [2.75, 3.05) is 18.0 Å². The number of amides is 1. The third-order valence-electron chi connectivity index (χ3n) is 8.12. The molecule has 3 aliphatic heterocycles. The number of para-hydroxylation sites is 1. The fraction of sp³-hybridized carbons (Fsp3) is 0.667. The average molecular weight is 325 g/mol. The number of nitrogens with one attached hydrogen (secondary N) is 1. The van der Waals surface area contributed by atoms with E-state index in [1.165, 1.54) is 43.6 Å². The van der Waals surface area contributed by atoms with Gasteiger partial charge in [0.25, 0.3) is 0 Å². The van der Waals surface area contributed by atoms with Gasteiger partial charge in [-0.15, -0.1) is 0 Å². The van der Waals surface area contributed by atoms with E-state index in [2.05, 4.69) is 43.0 Å². The van der Waals surface area contributed by atoms with Crippen molar-refractivity contribution >= 4 is 11.6 Å². The topological polar surface area (TPSA) is 24.8 Å². The highest BCUT2D eigenvalue weighted by Crippen LogP contribution is 2.59. The lowest BCUT2D eigenvalue weighted by Gasteiger charge is -2.54. The Morgan fingerprint density at radius 2 is 2.17 bits per heavy atom. The largest absolute Gasteiger partial charge is 0.331 e. The Bertz CT molecular complexity index is 701. The Morgan fingerprint density at radius 3 is 2.92 bits per heavy atom. The molecule has 0 aromatic heterocycles. The van der Waals surface area contributed by atoms with Gasteiger partial charge in [0.1, 0.15) is 0 Å². The third-order valence-corrected chi connectivity index (χ3v) is 8.12. The molecule has 2 saturated heterocycles. The molecule has 2 bridgehead atoms. The van der Waals surface area contributed by atoms with Gasteiger partial charge in [-0.3, -0.25) is 4.79 Å². The van der Waals surface area contributed by atoms with E-state index in [1.54, 1.807) is 6.92 Å². The van der Waals surface area contributed by atoms with Gasteiger partial charge in [0.05, 0.1) is 30.6 Å².